The van der Waals surface area contributed by atoms with Crippen LogP contribution in [0.15, 0.2) is 0 Å². The van der Waals surface area contributed by atoms with Gasteiger partial charge in [-0.2, -0.15) is 0 Å². The molecule has 0 saturated carbocycles. The molecule has 1 heterocycles. The summed E-state index contributed by atoms with van der Waals surface area (Å²) >= 11 is 0. The van der Waals surface area contributed by atoms with Crippen molar-refractivity contribution in [2.45, 2.75) is 227 Å². The lowest BCUT2D eigenvalue weighted by Gasteiger charge is -2.27. The summed E-state index contributed by atoms with van der Waals surface area (Å²) in [5, 5.41) is 0. The Labute approximate surface area is 356 Å². The van der Waals surface area contributed by atoms with Crippen LogP contribution >= 0.6 is 0 Å². The van der Waals surface area contributed by atoms with Crippen LogP contribution in [0.1, 0.15) is 210 Å². The van der Waals surface area contributed by atoms with Crippen molar-refractivity contribution in [1.82, 2.24) is 0 Å². The van der Waals surface area contributed by atoms with Gasteiger partial charge in [0.15, 0.2) is 0 Å². The smallest absolute Gasteiger partial charge is 0.306 e. The zero-order valence-corrected chi connectivity index (χ0v) is 39.3. The Bertz CT molecular complexity index is 1040. The minimum atomic E-state index is -0.190. The highest BCUT2D eigenvalue weighted by Crippen LogP contribution is 2.26. The van der Waals surface area contributed by atoms with Gasteiger partial charge in [0.1, 0.15) is 6.29 Å². The van der Waals surface area contributed by atoms with E-state index in [4.69, 9.17) is 28.4 Å². The number of hydrogen-bond donors (Lipinski definition) is 0. The van der Waals surface area contributed by atoms with Crippen LogP contribution in [-0.2, 0) is 42.8 Å². The van der Waals surface area contributed by atoms with E-state index in [0.717, 1.165) is 161 Å². The predicted octanol–water partition coefficient (Wildman–Crippen LogP) is 12.2. The van der Waals surface area contributed by atoms with Crippen LogP contribution in [0.5, 0.6) is 0 Å². The number of ether oxygens (including phenoxy) is 6. The summed E-state index contributed by atoms with van der Waals surface area (Å²) in [6.45, 7) is 23.8. The molecule has 4 atom stereocenters. The zero-order chi connectivity index (χ0) is 43.1. The zero-order valence-electron chi connectivity index (χ0n) is 39.3. The molecule has 0 bridgehead atoms. The van der Waals surface area contributed by atoms with Crippen LogP contribution in [0.2, 0.25) is 0 Å². The van der Waals surface area contributed by atoms with Gasteiger partial charge in [0.05, 0.1) is 36.6 Å². The first-order valence-corrected chi connectivity index (χ1v) is 23.8. The SMILES string of the molecule is CC1CCCC(C)(C)OCCCCCCOCC(C=O)C(C)CCCC(C)(C)OCCCCCCOC(=O)CC(C)CCCC(C)(C)OCCCCCCOC(=O)C1. The Balaban J connectivity index is 2.51. The molecule has 4 unspecified atom stereocenters. The second-order valence-corrected chi connectivity index (χ2v) is 19.7. The maximum atomic E-state index is 12.4. The van der Waals surface area contributed by atoms with Crippen molar-refractivity contribution >= 4 is 18.2 Å². The second-order valence-electron chi connectivity index (χ2n) is 19.7. The average Bonchev–Trinajstić information content (AvgIpc) is 3.13. The number of carbonyl (C=O) groups is 3. The third-order valence-corrected chi connectivity index (χ3v) is 11.9. The molecule has 0 amide bonds. The van der Waals surface area contributed by atoms with E-state index in [1.807, 2.05) is 0 Å². The summed E-state index contributed by atoms with van der Waals surface area (Å²) in [5.41, 5.74) is -0.544. The maximum Gasteiger partial charge on any atom is 0.306 e. The molecule has 1 rings (SSSR count). The predicted molar refractivity (Wildman–Crippen MR) is 236 cm³/mol. The van der Waals surface area contributed by atoms with Crippen molar-refractivity contribution in [3.63, 3.8) is 0 Å². The normalized spacial score (nSPS) is 29.0. The number of rotatable bonds is 1. The van der Waals surface area contributed by atoms with Gasteiger partial charge in [-0.15, -0.1) is 0 Å². The van der Waals surface area contributed by atoms with Crippen LogP contribution in [0, 0.1) is 23.7 Å². The van der Waals surface area contributed by atoms with Crippen molar-refractivity contribution in [2.24, 2.45) is 23.7 Å². The summed E-state index contributed by atoms with van der Waals surface area (Å²) in [7, 11) is 0. The number of cyclic esters (lactones) is 2. The molecule has 0 radical (unpaired) electrons. The molecule has 9 nitrogen and oxygen atoms in total. The molecule has 0 aromatic carbocycles. The van der Waals surface area contributed by atoms with Gasteiger partial charge in [-0.1, -0.05) is 78.6 Å². The summed E-state index contributed by atoms with van der Waals surface area (Å²) in [5.74, 6) is 0.615. The largest absolute Gasteiger partial charge is 0.466 e. The van der Waals surface area contributed by atoms with Gasteiger partial charge in [-0.05, 0) is 136 Å². The van der Waals surface area contributed by atoms with Gasteiger partial charge in [-0.3, -0.25) is 9.59 Å². The molecular formula is C49H92O9. The van der Waals surface area contributed by atoms with Crippen molar-refractivity contribution in [1.29, 1.82) is 0 Å². The minimum absolute atomic E-state index is 0.0736. The van der Waals surface area contributed by atoms with E-state index in [2.05, 4.69) is 62.3 Å². The van der Waals surface area contributed by atoms with Gasteiger partial charge in [0.2, 0.25) is 0 Å². The molecule has 0 spiro atoms. The first kappa shape index (κ1) is 54.5. The Morgan fingerprint density at radius 3 is 1.19 bits per heavy atom. The van der Waals surface area contributed by atoms with Gasteiger partial charge in [0, 0.05) is 45.2 Å². The lowest BCUT2D eigenvalue weighted by molar-refractivity contribution is -0.145. The Hall–Kier alpha value is -1.55. The molecule has 0 aromatic heterocycles. The van der Waals surface area contributed by atoms with Crippen LogP contribution in [0.3, 0.4) is 0 Å². The van der Waals surface area contributed by atoms with Crippen molar-refractivity contribution in [3.8, 4) is 0 Å². The average molecular weight is 825 g/mol. The fraction of sp³-hybridized carbons (Fsp3) is 0.939. The molecule has 1 aliphatic rings. The summed E-state index contributed by atoms with van der Waals surface area (Å²) in [6, 6.07) is 0. The van der Waals surface area contributed by atoms with Gasteiger partial charge < -0.3 is 33.2 Å². The first-order chi connectivity index (χ1) is 27.5. The highest BCUT2D eigenvalue weighted by Gasteiger charge is 2.23. The summed E-state index contributed by atoms with van der Waals surface area (Å²) < 4.78 is 35.7. The topological polar surface area (TPSA) is 107 Å². The second kappa shape index (κ2) is 32.2. The van der Waals surface area contributed by atoms with E-state index >= 15 is 0 Å². The van der Waals surface area contributed by atoms with Crippen LogP contribution in [0.4, 0.5) is 0 Å². The third-order valence-electron chi connectivity index (χ3n) is 11.9. The lowest BCUT2D eigenvalue weighted by atomic mass is 9.89. The van der Waals surface area contributed by atoms with Gasteiger partial charge in [-0.25, -0.2) is 0 Å². The van der Waals surface area contributed by atoms with Crippen LogP contribution < -0.4 is 0 Å². The van der Waals surface area contributed by atoms with E-state index in [1.165, 1.54) is 0 Å². The van der Waals surface area contributed by atoms with Crippen LogP contribution in [-0.4, -0.2) is 81.3 Å². The van der Waals surface area contributed by atoms with E-state index in [9.17, 15) is 14.4 Å². The molecule has 1 fully saturated rings. The van der Waals surface area contributed by atoms with Gasteiger partial charge in [0.25, 0.3) is 0 Å². The quantitative estimate of drug-likeness (QED) is 0.189. The fourth-order valence-electron chi connectivity index (χ4n) is 7.67. The first-order valence-electron chi connectivity index (χ1n) is 23.8. The highest BCUT2D eigenvalue weighted by atomic mass is 16.5. The molecule has 1 saturated heterocycles. The number of hydrogen-bond acceptors (Lipinski definition) is 9. The third kappa shape index (κ3) is 31.3. The monoisotopic (exact) mass is 825 g/mol. The summed E-state index contributed by atoms with van der Waals surface area (Å²) in [6.07, 6.45) is 23.1. The number of aldehydes is 1. The Morgan fingerprint density at radius 2 is 0.810 bits per heavy atom. The number of carbonyl (C=O) groups excluding carboxylic acids is 3. The minimum Gasteiger partial charge on any atom is -0.466 e. The molecule has 0 aromatic rings. The molecule has 9 heteroatoms. The van der Waals surface area contributed by atoms with Gasteiger partial charge >= 0.3 is 11.9 Å². The lowest BCUT2D eigenvalue weighted by Crippen LogP contribution is -2.26. The summed E-state index contributed by atoms with van der Waals surface area (Å²) in [4.78, 5) is 36.7. The molecule has 1 aliphatic heterocycles. The maximum absolute atomic E-state index is 12.4. The molecule has 58 heavy (non-hydrogen) atoms. The van der Waals surface area contributed by atoms with Crippen molar-refractivity contribution in [2.75, 3.05) is 46.2 Å². The van der Waals surface area contributed by atoms with Crippen LogP contribution in [0.25, 0.3) is 0 Å². The standard InChI is InChI=1S/C49H92O9/c1-41-25-22-28-47(4,5)56-34-19-13-10-16-31-53-40-44(39-50)43(3)27-24-30-49(8,9)58-36-21-15-12-18-33-55-46(52)38-42(2)26-23-29-48(6,7)57-35-20-14-11-17-32-54-45(51)37-41/h39,41-44H,10-38,40H2,1-9H3. The fourth-order valence-corrected chi connectivity index (χ4v) is 7.67. The van der Waals surface area contributed by atoms with Crippen molar-refractivity contribution in [3.05, 3.63) is 0 Å². The highest BCUT2D eigenvalue weighted by molar-refractivity contribution is 5.69. The molecule has 0 N–H and O–H groups in total. The van der Waals surface area contributed by atoms with Crippen molar-refractivity contribution < 1.29 is 42.8 Å². The Morgan fingerprint density at radius 1 is 0.466 bits per heavy atom. The van der Waals surface area contributed by atoms with E-state index in [0.29, 0.717) is 51.1 Å². The number of esters is 2. The van der Waals surface area contributed by atoms with E-state index in [-0.39, 0.29) is 40.6 Å². The molecule has 0 aliphatic carbocycles. The van der Waals surface area contributed by atoms with E-state index in [1.54, 1.807) is 0 Å². The molecule has 342 valence electrons. The Kier molecular flexibility index (Phi) is 30.2. The molecular weight excluding hydrogens is 733 g/mol. The van der Waals surface area contributed by atoms with E-state index < -0.39 is 0 Å².